The van der Waals surface area contributed by atoms with Crippen molar-refractivity contribution in [2.24, 2.45) is 0 Å². The number of hydrogen-bond donors (Lipinski definition) is 3. The lowest BCUT2D eigenvalue weighted by molar-refractivity contribution is 0.627. The molecule has 6 rings (SSSR count). The Bertz CT molecular complexity index is 1490. The second-order valence-corrected chi connectivity index (χ2v) is 8.03. The Hall–Kier alpha value is -3.91. The third kappa shape index (κ3) is 3.16. The first-order valence-electron chi connectivity index (χ1n) is 10.5. The minimum Gasteiger partial charge on any atom is -0.336 e. The molecule has 0 aliphatic carbocycles. The first-order valence-corrected chi connectivity index (χ1v) is 10.5. The molecule has 32 heavy (non-hydrogen) atoms. The Morgan fingerprint density at radius 2 is 1.97 bits per heavy atom. The highest BCUT2D eigenvalue weighted by molar-refractivity contribution is 5.96. The molecule has 8 heteroatoms. The number of rotatable bonds is 3. The van der Waals surface area contributed by atoms with Crippen molar-refractivity contribution in [2.75, 3.05) is 13.1 Å². The van der Waals surface area contributed by atoms with Crippen LogP contribution in [0.25, 0.3) is 50.3 Å². The van der Waals surface area contributed by atoms with E-state index < -0.39 is 0 Å². The summed E-state index contributed by atoms with van der Waals surface area (Å²) in [6, 6.07) is 8.82. The number of hydrogen-bond acceptors (Lipinski definition) is 5. The Morgan fingerprint density at radius 3 is 2.81 bits per heavy atom. The molecular formula is C24H20FN7. The molecule has 158 valence electrons. The topological polar surface area (TPSA) is 95.2 Å². The molecule has 5 heterocycles. The van der Waals surface area contributed by atoms with Gasteiger partial charge in [-0.1, -0.05) is 6.08 Å². The van der Waals surface area contributed by atoms with E-state index in [2.05, 4.69) is 42.6 Å². The maximum atomic E-state index is 14.0. The number of aryl methyl sites for hydroxylation is 1. The zero-order chi connectivity index (χ0) is 21.7. The van der Waals surface area contributed by atoms with Crippen LogP contribution in [-0.4, -0.2) is 43.2 Å². The summed E-state index contributed by atoms with van der Waals surface area (Å²) in [6.45, 7) is 3.66. The zero-order valence-corrected chi connectivity index (χ0v) is 17.4. The van der Waals surface area contributed by atoms with Crippen LogP contribution in [0, 0.1) is 12.7 Å². The number of H-pyrrole nitrogens is 2. The van der Waals surface area contributed by atoms with Crippen LogP contribution in [0.2, 0.25) is 0 Å². The zero-order valence-electron chi connectivity index (χ0n) is 17.4. The van der Waals surface area contributed by atoms with Gasteiger partial charge in [0.15, 0.2) is 5.82 Å². The van der Waals surface area contributed by atoms with Gasteiger partial charge in [0.2, 0.25) is 0 Å². The van der Waals surface area contributed by atoms with Crippen LogP contribution < -0.4 is 5.32 Å². The number of aromatic nitrogens is 6. The lowest BCUT2D eigenvalue weighted by Crippen LogP contribution is -2.20. The van der Waals surface area contributed by atoms with Crippen LogP contribution in [0.1, 0.15) is 17.7 Å². The molecule has 0 saturated heterocycles. The Morgan fingerprint density at radius 1 is 1.03 bits per heavy atom. The summed E-state index contributed by atoms with van der Waals surface area (Å²) in [5.41, 5.74) is 7.41. The van der Waals surface area contributed by atoms with Crippen LogP contribution in [0.4, 0.5) is 4.39 Å². The standard InChI is InChI=1S/C24H20FN7/c1-13-8-15(10-16(25)9-13)21-23-18(4-7-27-21)29-24(30-23)22-17-11-19(14-2-5-26-6-3-14)28-12-20(17)31-32-22/h2,4,7-12,26H,3,5-6H2,1H3,(H,29,30)(H,31,32). The fourth-order valence-corrected chi connectivity index (χ4v) is 4.26. The maximum Gasteiger partial charge on any atom is 0.159 e. The molecule has 1 aromatic carbocycles. The van der Waals surface area contributed by atoms with Gasteiger partial charge in [0.25, 0.3) is 0 Å². The second kappa shape index (κ2) is 7.35. The van der Waals surface area contributed by atoms with Crippen molar-refractivity contribution in [1.29, 1.82) is 0 Å². The van der Waals surface area contributed by atoms with Crippen molar-refractivity contribution >= 4 is 27.5 Å². The van der Waals surface area contributed by atoms with Crippen LogP contribution in [0.3, 0.4) is 0 Å². The maximum absolute atomic E-state index is 14.0. The summed E-state index contributed by atoms with van der Waals surface area (Å²) in [4.78, 5) is 17.3. The number of nitrogens with zero attached hydrogens (tertiary/aromatic N) is 4. The van der Waals surface area contributed by atoms with Gasteiger partial charge in [-0.15, -0.1) is 0 Å². The van der Waals surface area contributed by atoms with Gasteiger partial charge in [-0.25, -0.2) is 9.37 Å². The molecular weight excluding hydrogens is 405 g/mol. The molecule has 0 bridgehead atoms. The molecule has 0 fully saturated rings. The van der Waals surface area contributed by atoms with E-state index >= 15 is 0 Å². The molecule has 0 saturated carbocycles. The lowest BCUT2D eigenvalue weighted by Gasteiger charge is -2.13. The molecule has 0 spiro atoms. The predicted octanol–water partition coefficient (Wildman–Crippen LogP) is 4.39. The van der Waals surface area contributed by atoms with Crippen molar-refractivity contribution in [3.05, 3.63) is 65.9 Å². The van der Waals surface area contributed by atoms with Gasteiger partial charge in [0, 0.05) is 23.7 Å². The molecule has 0 unspecified atom stereocenters. The van der Waals surface area contributed by atoms with E-state index in [9.17, 15) is 4.39 Å². The summed E-state index contributed by atoms with van der Waals surface area (Å²) >= 11 is 0. The third-order valence-electron chi connectivity index (χ3n) is 5.78. The number of fused-ring (bicyclic) bond motifs is 2. The van der Waals surface area contributed by atoms with Gasteiger partial charge in [-0.3, -0.25) is 15.1 Å². The van der Waals surface area contributed by atoms with Gasteiger partial charge < -0.3 is 10.3 Å². The molecule has 4 aromatic heterocycles. The summed E-state index contributed by atoms with van der Waals surface area (Å²) in [6.07, 6.45) is 6.64. The fourth-order valence-electron chi connectivity index (χ4n) is 4.26. The first-order chi connectivity index (χ1) is 15.7. The highest BCUT2D eigenvalue weighted by Crippen LogP contribution is 2.32. The van der Waals surface area contributed by atoms with E-state index in [-0.39, 0.29) is 5.82 Å². The minimum absolute atomic E-state index is 0.292. The Labute approximate surface area is 182 Å². The molecule has 0 atom stereocenters. The summed E-state index contributed by atoms with van der Waals surface area (Å²) in [7, 11) is 0. The molecule has 0 amide bonds. The number of halogens is 1. The second-order valence-electron chi connectivity index (χ2n) is 8.03. The number of nitrogens with one attached hydrogen (secondary N) is 3. The van der Waals surface area contributed by atoms with Gasteiger partial charge in [0.05, 0.1) is 28.6 Å². The minimum atomic E-state index is -0.292. The van der Waals surface area contributed by atoms with Gasteiger partial charge in [-0.2, -0.15) is 5.10 Å². The van der Waals surface area contributed by atoms with E-state index in [1.54, 1.807) is 6.20 Å². The smallest absolute Gasteiger partial charge is 0.159 e. The molecule has 7 nitrogen and oxygen atoms in total. The van der Waals surface area contributed by atoms with Crippen LogP contribution in [0.15, 0.2) is 48.8 Å². The number of aromatic amines is 2. The van der Waals surface area contributed by atoms with Crippen molar-refractivity contribution < 1.29 is 4.39 Å². The van der Waals surface area contributed by atoms with Crippen molar-refractivity contribution in [3.8, 4) is 22.8 Å². The van der Waals surface area contributed by atoms with Crippen LogP contribution in [-0.2, 0) is 0 Å². The van der Waals surface area contributed by atoms with Crippen LogP contribution >= 0.6 is 0 Å². The summed E-state index contributed by atoms with van der Waals surface area (Å²) in [5, 5.41) is 11.8. The van der Waals surface area contributed by atoms with Gasteiger partial charge in [-0.05, 0) is 61.4 Å². The molecule has 1 aliphatic heterocycles. The van der Waals surface area contributed by atoms with E-state index in [0.29, 0.717) is 22.6 Å². The van der Waals surface area contributed by atoms with E-state index in [1.807, 2.05) is 25.3 Å². The normalized spacial score (nSPS) is 14.2. The van der Waals surface area contributed by atoms with Crippen molar-refractivity contribution in [2.45, 2.75) is 13.3 Å². The van der Waals surface area contributed by atoms with Crippen molar-refractivity contribution in [1.82, 2.24) is 35.5 Å². The molecule has 0 radical (unpaired) electrons. The lowest BCUT2D eigenvalue weighted by atomic mass is 10.0. The molecule has 1 aliphatic rings. The highest BCUT2D eigenvalue weighted by atomic mass is 19.1. The van der Waals surface area contributed by atoms with E-state index in [1.165, 1.54) is 17.7 Å². The van der Waals surface area contributed by atoms with E-state index in [4.69, 9.17) is 4.98 Å². The van der Waals surface area contributed by atoms with Crippen LogP contribution in [0.5, 0.6) is 0 Å². The predicted molar refractivity (Wildman–Crippen MR) is 122 cm³/mol. The monoisotopic (exact) mass is 425 g/mol. The average molecular weight is 425 g/mol. The highest BCUT2D eigenvalue weighted by Gasteiger charge is 2.18. The number of pyridine rings is 2. The molecule has 3 N–H and O–H groups in total. The van der Waals surface area contributed by atoms with Crippen molar-refractivity contribution in [3.63, 3.8) is 0 Å². The van der Waals surface area contributed by atoms with Gasteiger partial charge >= 0.3 is 0 Å². The quantitative estimate of drug-likeness (QED) is 0.399. The third-order valence-corrected chi connectivity index (χ3v) is 5.78. The fraction of sp³-hybridized carbons (Fsp3) is 0.167. The summed E-state index contributed by atoms with van der Waals surface area (Å²) in [5.74, 6) is 0.338. The summed E-state index contributed by atoms with van der Waals surface area (Å²) < 4.78 is 14.0. The largest absolute Gasteiger partial charge is 0.336 e. The molecule has 5 aromatic rings. The SMILES string of the molecule is Cc1cc(F)cc(-c2nccc3[nH]c(-c4n[nH]c5cnc(C6=CCNCC6)cc45)nc23)c1. The Kier molecular flexibility index (Phi) is 4.32. The Balaban J connectivity index is 1.49. The first kappa shape index (κ1) is 18.8. The number of imidazole rings is 1. The van der Waals surface area contributed by atoms with Gasteiger partial charge in [0.1, 0.15) is 17.0 Å². The average Bonchev–Trinajstić information content (AvgIpc) is 3.42. The van der Waals surface area contributed by atoms with E-state index in [0.717, 1.165) is 52.9 Å². The number of benzene rings is 1.